The molecule has 1 atom stereocenters. The SMILES string of the molecule is CC1C=Cc2[nH]c(C(=O)OC(C)(C)C)c(O)c2C1. The Morgan fingerprint density at radius 1 is 1.50 bits per heavy atom. The molecule has 4 nitrogen and oxygen atoms in total. The van der Waals surface area contributed by atoms with Crippen LogP contribution in [0.2, 0.25) is 0 Å². The molecule has 0 amide bonds. The Balaban J connectivity index is 2.32. The number of H-pyrrole nitrogens is 1. The fourth-order valence-electron chi connectivity index (χ4n) is 2.02. The summed E-state index contributed by atoms with van der Waals surface area (Å²) >= 11 is 0. The maximum absolute atomic E-state index is 11.9. The predicted molar refractivity (Wildman–Crippen MR) is 69.5 cm³/mol. The molecule has 0 saturated carbocycles. The zero-order chi connectivity index (χ0) is 13.5. The van der Waals surface area contributed by atoms with Gasteiger partial charge in [0.05, 0.1) is 0 Å². The first kappa shape index (κ1) is 12.7. The Hall–Kier alpha value is -1.71. The van der Waals surface area contributed by atoms with Gasteiger partial charge in [0.2, 0.25) is 0 Å². The van der Waals surface area contributed by atoms with Crippen LogP contribution in [0.15, 0.2) is 6.08 Å². The first-order chi connectivity index (χ1) is 8.28. The monoisotopic (exact) mass is 249 g/mol. The van der Waals surface area contributed by atoms with Gasteiger partial charge in [-0.3, -0.25) is 0 Å². The van der Waals surface area contributed by atoms with Crippen molar-refractivity contribution >= 4 is 12.0 Å². The van der Waals surface area contributed by atoms with E-state index in [1.54, 1.807) is 20.8 Å². The molecule has 0 spiro atoms. The van der Waals surface area contributed by atoms with Crippen molar-refractivity contribution in [2.75, 3.05) is 0 Å². The predicted octanol–water partition coefficient (Wildman–Crippen LogP) is 2.88. The van der Waals surface area contributed by atoms with Gasteiger partial charge in [0.15, 0.2) is 11.4 Å². The van der Waals surface area contributed by atoms with Crippen LogP contribution in [-0.2, 0) is 11.2 Å². The van der Waals surface area contributed by atoms with Crippen molar-refractivity contribution in [3.05, 3.63) is 23.0 Å². The quantitative estimate of drug-likeness (QED) is 0.752. The molecular formula is C14H19NO3. The summed E-state index contributed by atoms with van der Waals surface area (Å²) in [6, 6.07) is 0. The van der Waals surface area contributed by atoms with Gasteiger partial charge in [-0.1, -0.05) is 13.0 Å². The van der Waals surface area contributed by atoms with Crippen molar-refractivity contribution in [3.8, 4) is 5.75 Å². The van der Waals surface area contributed by atoms with Gasteiger partial charge < -0.3 is 14.8 Å². The lowest BCUT2D eigenvalue weighted by Gasteiger charge is -2.18. The second-order valence-corrected chi connectivity index (χ2v) is 5.78. The van der Waals surface area contributed by atoms with Crippen LogP contribution in [0.1, 0.15) is 49.4 Å². The minimum Gasteiger partial charge on any atom is -0.505 e. The number of aromatic nitrogens is 1. The summed E-state index contributed by atoms with van der Waals surface area (Å²) < 4.78 is 5.25. The Bertz CT molecular complexity index is 506. The molecule has 1 aliphatic rings. The number of carbonyl (C=O) groups is 1. The van der Waals surface area contributed by atoms with E-state index in [4.69, 9.17) is 4.74 Å². The lowest BCUT2D eigenvalue weighted by molar-refractivity contribution is 0.00607. The second kappa shape index (κ2) is 4.19. The molecule has 0 aliphatic heterocycles. The van der Waals surface area contributed by atoms with Gasteiger partial charge >= 0.3 is 5.97 Å². The van der Waals surface area contributed by atoms with Crippen LogP contribution in [-0.4, -0.2) is 21.7 Å². The van der Waals surface area contributed by atoms with Crippen molar-refractivity contribution in [2.45, 2.75) is 39.7 Å². The molecule has 98 valence electrons. The molecule has 4 heteroatoms. The van der Waals surface area contributed by atoms with E-state index in [1.165, 1.54) is 0 Å². The van der Waals surface area contributed by atoms with Crippen LogP contribution in [0.5, 0.6) is 5.75 Å². The summed E-state index contributed by atoms with van der Waals surface area (Å²) in [4.78, 5) is 14.9. The highest BCUT2D eigenvalue weighted by Crippen LogP contribution is 2.33. The third kappa shape index (κ3) is 2.42. The minimum atomic E-state index is -0.571. The highest BCUT2D eigenvalue weighted by atomic mass is 16.6. The van der Waals surface area contributed by atoms with E-state index in [0.717, 1.165) is 17.7 Å². The summed E-state index contributed by atoms with van der Waals surface area (Å²) in [7, 11) is 0. The van der Waals surface area contributed by atoms with Gasteiger partial charge in [-0.25, -0.2) is 4.79 Å². The highest BCUT2D eigenvalue weighted by Gasteiger charge is 2.27. The maximum atomic E-state index is 11.9. The molecule has 2 rings (SSSR count). The van der Waals surface area contributed by atoms with Crippen LogP contribution in [0.25, 0.3) is 6.08 Å². The molecule has 2 N–H and O–H groups in total. The van der Waals surface area contributed by atoms with Crippen molar-refractivity contribution < 1.29 is 14.6 Å². The number of carbonyl (C=O) groups excluding carboxylic acids is 1. The summed E-state index contributed by atoms with van der Waals surface area (Å²) in [5, 5.41) is 10.1. The lowest BCUT2D eigenvalue weighted by atomic mass is 9.95. The van der Waals surface area contributed by atoms with Crippen molar-refractivity contribution in [3.63, 3.8) is 0 Å². The van der Waals surface area contributed by atoms with Gasteiger partial charge in [0, 0.05) is 11.3 Å². The van der Waals surface area contributed by atoms with Gasteiger partial charge in [-0.15, -0.1) is 0 Å². The van der Waals surface area contributed by atoms with E-state index in [2.05, 4.69) is 18.0 Å². The average molecular weight is 249 g/mol. The first-order valence-corrected chi connectivity index (χ1v) is 6.13. The molecule has 1 heterocycles. The number of nitrogens with one attached hydrogen (secondary N) is 1. The van der Waals surface area contributed by atoms with Crippen LogP contribution >= 0.6 is 0 Å². The standard InChI is InChI=1S/C14H19NO3/c1-8-5-6-10-9(7-8)12(16)11(15-10)13(17)18-14(2,3)4/h5-6,8,15-16H,7H2,1-4H3. The van der Waals surface area contributed by atoms with Crippen LogP contribution in [0.4, 0.5) is 0 Å². The molecule has 0 radical (unpaired) electrons. The smallest absolute Gasteiger partial charge is 0.359 e. The van der Waals surface area contributed by atoms with Crippen LogP contribution in [0.3, 0.4) is 0 Å². The Morgan fingerprint density at radius 3 is 2.78 bits per heavy atom. The average Bonchev–Trinajstić information content (AvgIpc) is 2.54. The number of rotatable bonds is 1. The first-order valence-electron chi connectivity index (χ1n) is 6.13. The summed E-state index contributed by atoms with van der Waals surface area (Å²) in [6.07, 6.45) is 4.69. The maximum Gasteiger partial charge on any atom is 0.359 e. The number of ether oxygens (including phenoxy) is 1. The number of aromatic amines is 1. The van der Waals surface area contributed by atoms with Gasteiger partial charge in [0.1, 0.15) is 5.60 Å². The van der Waals surface area contributed by atoms with E-state index in [1.807, 2.05) is 6.08 Å². The van der Waals surface area contributed by atoms with Gasteiger partial charge in [0.25, 0.3) is 0 Å². The zero-order valence-corrected chi connectivity index (χ0v) is 11.2. The Labute approximate surface area is 107 Å². The number of hydrogen-bond acceptors (Lipinski definition) is 3. The molecule has 0 saturated heterocycles. The fourth-order valence-corrected chi connectivity index (χ4v) is 2.02. The number of hydrogen-bond donors (Lipinski definition) is 2. The Kier molecular flexibility index (Phi) is 2.97. The summed E-state index contributed by atoms with van der Waals surface area (Å²) in [6.45, 7) is 7.46. The molecule has 0 aromatic carbocycles. The molecule has 1 aromatic heterocycles. The number of allylic oxidation sites excluding steroid dienone is 1. The van der Waals surface area contributed by atoms with Crippen molar-refractivity contribution in [1.29, 1.82) is 0 Å². The van der Waals surface area contributed by atoms with E-state index in [9.17, 15) is 9.90 Å². The lowest BCUT2D eigenvalue weighted by Crippen LogP contribution is -2.24. The van der Waals surface area contributed by atoms with E-state index in [-0.39, 0.29) is 11.4 Å². The third-order valence-corrected chi connectivity index (χ3v) is 2.83. The minimum absolute atomic E-state index is 0.0236. The van der Waals surface area contributed by atoms with Crippen molar-refractivity contribution in [2.24, 2.45) is 5.92 Å². The number of aromatic hydroxyl groups is 1. The molecule has 1 unspecified atom stereocenters. The normalized spacial score (nSPS) is 18.6. The number of esters is 1. The van der Waals surface area contributed by atoms with E-state index in [0.29, 0.717) is 5.92 Å². The van der Waals surface area contributed by atoms with Crippen LogP contribution < -0.4 is 0 Å². The molecule has 0 fully saturated rings. The summed E-state index contributed by atoms with van der Waals surface area (Å²) in [5.74, 6) is -0.128. The Morgan fingerprint density at radius 2 is 2.17 bits per heavy atom. The van der Waals surface area contributed by atoms with E-state index < -0.39 is 11.6 Å². The largest absolute Gasteiger partial charge is 0.505 e. The number of fused-ring (bicyclic) bond motifs is 1. The third-order valence-electron chi connectivity index (χ3n) is 2.83. The van der Waals surface area contributed by atoms with E-state index >= 15 is 0 Å². The molecule has 18 heavy (non-hydrogen) atoms. The molecule has 1 aromatic rings. The van der Waals surface area contributed by atoms with Gasteiger partial charge in [-0.05, 0) is 39.2 Å². The molecule has 0 bridgehead atoms. The zero-order valence-electron chi connectivity index (χ0n) is 11.2. The molecular weight excluding hydrogens is 230 g/mol. The molecule has 1 aliphatic carbocycles. The highest BCUT2D eigenvalue weighted by molar-refractivity contribution is 5.92. The second-order valence-electron chi connectivity index (χ2n) is 5.78. The van der Waals surface area contributed by atoms with Crippen LogP contribution in [0, 0.1) is 5.92 Å². The van der Waals surface area contributed by atoms with Crippen molar-refractivity contribution in [1.82, 2.24) is 4.98 Å². The summed E-state index contributed by atoms with van der Waals surface area (Å²) in [5.41, 5.74) is 1.17. The van der Waals surface area contributed by atoms with Gasteiger partial charge in [-0.2, -0.15) is 0 Å². The topological polar surface area (TPSA) is 62.3 Å². The fraction of sp³-hybridized carbons (Fsp3) is 0.500.